The van der Waals surface area contributed by atoms with Crippen molar-refractivity contribution in [1.29, 1.82) is 0 Å². The summed E-state index contributed by atoms with van der Waals surface area (Å²) in [7, 11) is 0. The Morgan fingerprint density at radius 2 is 0.884 bits per heavy atom. The predicted octanol–water partition coefficient (Wildman–Crippen LogP) is 10.9. The fraction of sp³-hybridized carbons (Fsp3) is 0. The second kappa shape index (κ2) is 8.37. The SMILES string of the molecule is c1ccc2c(c1)ccc1c3ccc4c5ccccc5oc4c3n(-c3ccc(-n4c5ccccc5c5ccccc54)cc3)c21. The molecular weight excluding hydrogens is 524 g/mol. The topological polar surface area (TPSA) is 23.0 Å². The van der Waals surface area contributed by atoms with Crippen LogP contribution in [-0.4, -0.2) is 9.13 Å². The van der Waals surface area contributed by atoms with E-state index in [9.17, 15) is 0 Å². The van der Waals surface area contributed by atoms with Gasteiger partial charge in [-0.15, -0.1) is 0 Å². The zero-order valence-corrected chi connectivity index (χ0v) is 23.2. The molecule has 7 aromatic carbocycles. The number of hydrogen-bond acceptors (Lipinski definition) is 1. The minimum Gasteiger partial charge on any atom is -0.454 e. The van der Waals surface area contributed by atoms with Crippen LogP contribution in [-0.2, 0) is 0 Å². The molecule has 0 radical (unpaired) electrons. The lowest BCUT2D eigenvalue weighted by atomic mass is 10.0. The van der Waals surface area contributed by atoms with Crippen molar-refractivity contribution in [2.45, 2.75) is 0 Å². The van der Waals surface area contributed by atoms with Gasteiger partial charge >= 0.3 is 0 Å². The fourth-order valence-corrected chi connectivity index (χ4v) is 7.25. The van der Waals surface area contributed by atoms with Gasteiger partial charge in [0.15, 0.2) is 5.58 Å². The number of nitrogens with zero attached hydrogens (tertiary/aromatic N) is 2. The maximum atomic E-state index is 6.62. The highest BCUT2D eigenvalue weighted by molar-refractivity contribution is 6.25. The molecule has 3 heterocycles. The van der Waals surface area contributed by atoms with Gasteiger partial charge in [-0.25, -0.2) is 0 Å². The van der Waals surface area contributed by atoms with E-state index >= 15 is 0 Å². The summed E-state index contributed by atoms with van der Waals surface area (Å²) in [6.45, 7) is 0. The lowest BCUT2D eigenvalue weighted by molar-refractivity contribution is 0.671. The van der Waals surface area contributed by atoms with Crippen LogP contribution < -0.4 is 0 Å². The first kappa shape index (κ1) is 22.8. The Labute approximate surface area is 246 Å². The van der Waals surface area contributed by atoms with Gasteiger partial charge < -0.3 is 13.6 Å². The number of furan rings is 1. The highest BCUT2D eigenvalue weighted by atomic mass is 16.3. The van der Waals surface area contributed by atoms with Crippen molar-refractivity contribution in [2.75, 3.05) is 0 Å². The molecule has 3 nitrogen and oxygen atoms in total. The van der Waals surface area contributed by atoms with Crippen LogP contribution in [0.25, 0.3) is 87.7 Å². The number of hydrogen-bond donors (Lipinski definition) is 0. The van der Waals surface area contributed by atoms with Gasteiger partial charge in [-0.1, -0.05) is 97.1 Å². The van der Waals surface area contributed by atoms with Crippen LogP contribution in [0.2, 0.25) is 0 Å². The van der Waals surface area contributed by atoms with Crippen LogP contribution in [0, 0.1) is 0 Å². The van der Waals surface area contributed by atoms with Crippen molar-refractivity contribution in [3.8, 4) is 11.4 Å². The Bertz CT molecular complexity index is 2670. The van der Waals surface area contributed by atoms with E-state index in [0.717, 1.165) is 38.8 Å². The molecule has 0 saturated heterocycles. The third-order valence-electron chi connectivity index (χ3n) is 9.10. The number of benzene rings is 7. The molecule has 0 aliphatic rings. The molecule has 0 atom stereocenters. The average Bonchev–Trinajstić information content (AvgIpc) is 3.73. The molecule has 0 aliphatic heterocycles. The molecular formula is C40H24N2O. The van der Waals surface area contributed by atoms with Gasteiger partial charge in [0.05, 0.1) is 22.1 Å². The maximum absolute atomic E-state index is 6.62. The first-order chi connectivity index (χ1) is 21.3. The molecule has 0 amide bonds. The summed E-state index contributed by atoms with van der Waals surface area (Å²) in [4.78, 5) is 0. The van der Waals surface area contributed by atoms with Crippen LogP contribution in [0.5, 0.6) is 0 Å². The molecule has 0 aliphatic carbocycles. The van der Waals surface area contributed by atoms with Gasteiger partial charge in [0.1, 0.15) is 5.58 Å². The largest absolute Gasteiger partial charge is 0.454 e. The summed E-state index contributed by atoms with van der Waals surface area (Å²) >= 11 is 0. The van der Waals surface area contributed by atoms with Crippen LogP contribution in [0.4, 0.5) is 0 Å². The van der Waals surface area contributed by atoms with Crippen LogP contribution in [0.3, 0.4) is 0 Å². The maximum Gasteiger partial charge on any atom is 0.160 e. The van der Waals surface area contributed by atoms with E-state index in [1.807, 2.05) is 6.07 Å². The van der Waals surface area contributed by atoms with Gasteiger partial charge in [-0.2, -0.15) is 0 Å². The van der Waals surface area contributed by atoms with Gasteiger partial charge in [0, 0.05) is 49.1 Å². The molecule has 43 heavy (non-hydrogen) atoms. The summed E-state index contributed by atoms with van der Waals surface area (Å²) in [5, 5.41) is 9.68. The monoisotopic (exact) mass is 548 g/mol. The van der Waals surface area contributed by atoms with Gasteiger partial charge in [0.25, 0.3) is 0 Å². The molecule has 0 unspecified atom stereocenters. The fourth-order valence-electron chi connectivity index (χ4n) is 7.25. The van der Waals surface area contributed by atoms with Crippen molar-refractivity contribution >= 4 is 76.3 Å². The molecule has 10 aromatic rings. The molecule has 3 aromatic heterocycles. The summed E-state index contributed by atoms with van der Waals surface area (Å²) in [6, 6.07) is 52.3. The van der Waals surface area contributed by atoms with E-state index in [1.165, 1.54) is 48.9 Å². The summed E-state index contributed by atoms with van der Waals surface area (Å²) in [5.74, 6) is 0. The lowest BCUT2D eigenvalue weighted by Crippen LogP contribution is -1.97. The Morgan fingerprint density at radius 1 is 0.349 bits per heavy atom. The summed E-state index contributed by atoms with van der Waals surface area (Å²) in [5.41, 5.74) is 8.80. The van der Waals surface area contributed by atoms with Crippen molar-refractivity contribution in [2.24, 2.45) is 0 Å². The van der Waals surface area contributed by atoms with E-state index in [2.05, 4.69) is 149 Å². The number of rotatable bonds is 2. The Kier molecular flexibility index (Phi) is 4.45. The smallest absolute Gasteiger partial charge is 0.160 e. The van der Waals surface area contributed by atoms with E-state index in [-0.39, 0.29) is 0 Å². The normalized spacial score (nSPS) is 12.2. The van der Waals surface area contributed by atoms with Crippen LogP contribution >= 0.6 is 0 Å². The minimum absolute atomic E-state index is 0.911. The van der Waals surface area contributed by atoms with Crippen molar-refractivity contribution in [3.05, 3.63) is 146 Å². The van der Waals surface area contributed by atoms with E-state index in [0.29, 0.717) is 0 Å². The summed E-state index contributed by atoms with van der Waals surface area (Å²) < 4.78 is 11.4. The Balaban J connectivity index is 1.31. The second-order valence-corrected chi connectivity index (χ2v) is 11.3. The second-order valence-electron chi connectivity index (χ2n) is 11.3. The van der Waals surface area contributed by atoms with Gasteiger partial charge in [0.2, 0.25) is 0 Å². The molecule has 10 rings (SSSR count). The van der Waals surface area contributed by atoms with E-state index in [1.54, 1.807) is 0 Å². The Morgan fingerprint density at radius 3 is 1.63 bits per heavy atom. The summed E-state index contributed by atoms with van der Waals surface area (Å²) in [6.07, 6.45) is 0. The highest BCUT2D eigenvalue weighted by Gasteiger charge is 2.21. The van der Waals surface area contributed by atoms with E-state index in [4.69, 9.17) is 4.42 Å². The zero-order chi connectivity index (χ0) is 28.1. The molecule has 0 bridgehead atoms. The van der Waals surface area contributed by atoms with Crippen LogP contribution in [0.15, 0.2) is 150 Å². The molecule has 3 heteroatoms. The third-order valence-corrected chi connectivity index (χ3v) is 9.10. The molecule has 0 saturated carbocycles. The van der Waals surface area contributed by atoms with Gasteiger partial charge in [-0.05, 0) is 53.9 Å². The molecule has 0 spiro atoms. The lowest BCUT2D eigenvalue weighted by Gasteiger charge is -2.12. The number of aromatic nitrogens is 2. The van der Waals surface area contributed by atoms with E-state index < -0.39 is 0 Å². The van der Waals surface area contributed by atoms with Crippen LogP contribution in [0.1, 0.15) is 0 Å². The first-order valence-electron chi connectivity index (χ1n) is 14.7. The third kappa shape index (κ3) is 3.03. The highest BCUT2D eigenvalue weighted by Crippen LogP contribution is 2.42. The Hall–Kier alpha value is -5.80. The van der Waals surface area contributed by atoms with Crippen molar-refractivity contribution < 1.29 is 4.42 Å². The zero-order valence-electron chi connectivity index (χ0n) is 23.2. The average molecular weight is 549 g/mol. The quantitative estimate of drug-likeness (QED) is 0.211. The predicted molar refractivity (Wildman–Crippen MR) is 180 cm³/mol. The van der Waals surface area contributed by atoms with Crippen molar-refractivity contribution in [1.82, 2.24) is 9.13 Å². The number of fused-ring (bicyclic) bond motifs is 12. The molecule has 200 valence electrons. The first-order valence-corrected chi connectivity index (χ1v) is 14.7. The standard InChI is InChI=1S/C40H24N2O/c1-2-10-28-25(9-1)17-22-32-33-23-24-34-31-13-5-8-16-37(31)43-40(34)39(33)42(38(28)32)27-20-18-26(19-21-27)41-35-14-6-3-11-29(35)30-12-4-7-15-36(30)41/h1-24H. The van der Waals surface area contributed by atoms with Crippen molar-refractivity contribution in [3.63, 3.8) is 0 Å². The molecule has 0 N–H and O–H groups in total. The minimum atomic E-state index is 0.911. The number of para-hydroxylation sites is 3. The van der Waals surface area contributed by atoms with Gasteiger partial charge in [-0.3, -0.25) is 0 Å². The molecule has 0 fully saturated rings.